The van der Waals surface area contributed by atoms with Gasteiger partial charge in [-0.25, -0.2) is 0 Å². The van der Waals surface area contributed by atoms with Crippen molar-refractivity contribution < 1.29 is 0 Å². The first-order chi connectivity index (χ1) is 14.2. The molecule has 9 heteroatoms. The fourth-order valence-electron chi connectivity index (χ4n) is 4.61. The highest BCUT2D eigenvalue weighted by Crippen LogP contribution is 2.21. The molecule has 30 heavy (non-hydrogen) atoms. The second kappa shape index (κ2) is 11.1. The van der Waals surface area contributed by atoms with Gasteiger partial charge in [0, 0.05) is 59.3 Å². The van der Waals surface area contributed by atoms with E-state index in [9.17, 15) is 0 Å². The van der Waals surface area contributed by atoms with E-state index in [4.69, 9.17) is 0 Å². The predicted octanol–water partition coefficient (Wildman–Crippen LogP) is 2.43. The van der Waals surface area contributed by atoms with E-state index in [1.807, 2.05) is 25.0 Å². The Morgan fingerprint density at radius 3 is 2.93 bits per heavy atom. The number of hydrogen-bond donors (Lipinski definition) is 1. The van der Waals surface area contributed by atoms with Crippen LogP contribution in [0.25, 0.3) is 0 Å². The second-order valence-corrected chi connectivity index (χ2v) is 8.40. The van der Waals surface area contributed by atoms with Gasteiger partial charge in [-0.1, -0.05) is 6.42 Å². The molecule has 166 valence electrons. The zero-order valence-electron chi connectivity index (χ0n) is 18.3. The molecule has 4 rings (SSSR count). The minimum absolute atomic E-state index is 0. The van der Waals surface area contributed by atoms with Gasteiger partial charge in [0.15, 0.2) is 5.96 Å². The van der Waals surface area contributed by atoms with Crippen LogP contribution in [0.2, 0.25) is 0 Å². The summed E-state index contributed by atoms with van der Waals surface area (Å²) in [5.41, 5.74) is 1.33. The van der Waals surface area contributed by atoms with Crippen LogP contribution >= 0.6 is 24.0 Å². The van der Waals surface area contributed by atoms with Crippen molar-refractivity contribution in [3.05, 3.63) is 29.6 Å². The zero-order valence-corrected chi connectivity index (χ0v) is 20.6. The van der Waals surface area contributed by atoms with Gasteiger partial charge < -0.3 is 14.8 Å². The molecule has 1 saturated heterocycles. The van der Waals surface area contributed by atoms with E-state index in [1.165, 1.54) is 37.1 Å². The zero-order chi connectivity index (χ0) is 20.1. The number of nitrogens with one attached hydrogen (secondary N) is 1. The minimum Gasteiger partial charge on any atom is -0.356 e. The number of rotatable bonds is 6. The van der Waals surface area contributed by atoms with Crippen molar-refractivity contribution in [3.63, 3.8) is 0 Å². The SMILES string of the molecule is CN=C(NCCCc1nnc2n1CCCCC2)N1CCC(Cc2cnn(C)c2)C1.I. The van der Waals surface area contributed by atoms with E-state index in [-0.39, 0.29) is 24.0 Å². The van der Waals surface area contributed by atoms with Crippen molar-refractivity contribution in [2.24, 2.45) is 18.0 Å². The second-order valence-electron chi connectivity index (χ2n) is 8.40. The summed E-state index contributed by atoms with van der Waals surface area (Å²) < 4.78 is 4.24. The fourth-order valence-corrected chi connectivity index (χ4v) is 4.61. The number of halogens is 1. The third-order valence-electron chi connectivity index (χ3n) is 6.13. The fraction of sp³-hybridized carbons (Fsp3) is 0.714. The number of aryl methyl sites for hydroxylation is 3. The maximum atomic E-state index is 4.51. The molecule has 1 atom stereocenters. The average molecular weight is 526 g/mol. The quantitative estimate of drug-likeness (QED) is 0.271. The Bertz CT molecular complexity index is 827. The maximum Gasteiger partial charge on any atom is 0.193 e. The first kappa shape index (κ1) is 23.0. The van der Waals surface area contributed by atoms with E-state index in [0.29, 0.717) is 5.92 Å². The Balaban J connectivity index is 0.00000256. The molecule has 4 heterocycles. The molecule has 0 spiro atoms. The summed E-state index contributed by atoms with van der Waals surface area (Å²) in [6.45, 7) is 4.13. The van der Waals surface area contributed by atoms with Crippen LogP contribution in [0.5, 0.6) is 0 Å². The minimum atomic E-state index is 0. The number of aliphatic imine (C=N–C) groups is 1. The molecule has 0 aliphatic carbocycles. The Hall–Kier alpha value is -1.65. The van der Waals surface area contributed by atoms with Crippen molar-refractivity contribution in [1.29, 1.82) is 0 Å². The average Bonchev–Trinajstić information content (AvgIpc) is 3.40. The number of aromatic nitrogens is 5. The molecule has 2 aliphatic heterocycles. The molecular weight excluding hydrogens is 491 g/mol. The third-order valence-corrected chi connectivity index (χ3v) is 6.13. The molecule has 1 unspecified atom stereocenters. The summed E-state index contributed by atoms with van der Waals surface area (Å²) in [6, 6.07) is 0. The van der Waals surface area contributed by atoms with Crippen molar-refractivity contribution in [2.45, 2.75) is 57.9 Å². The van der Waals surface area contributed by atoms with E-state index in [2.05, 4.69) is 41.3 Å². The van der Waals surface area contributed by atoms with Gasteiger partial charge in [-0.05, 0) is 43.6 Å². The van der Waals surface area contributed by atoms with E-state index in [1.54, 1.807) is 0 Å². The number of likely N-dealkylation sites (tertiary alicyclic amines) is 1. The van der Waals surface area contributed by atoms with Crippen LogP contribution in [0.4, 0.5) is 0 Å². The highest BCUT2D eigenvalue weighted by atomic mass is 127. The summed E-state index contributed by atoms with van der Waals surface area (Å²) in [7, 11) is 3.86. The lowest BCUT2D eigenvalue weighted by Gasteiger charge is -2.21. The van der Waals surface area contributed by atoms with Crippen LogP contribution in [0.1, 0.15) is 49.3 Å². The molecule has 2 aromatic rings. The molecule has 1 fully saturated rings. The van der Waals surface area contributed by atoms with Gasteiger partial charge in [-0.15, -0.1) is 34.2 Å². The van der Waals surface area contributed by atoms with Crippen LogP contribution in [0, 0.1) is 5.92 Å². The number of fused-ring (bicyclic) bond motifs is 1. The monoisotopic (exact) mass is 526 g/mol. The number of nitrogens with zero attached hydrogens (tertiary/aromatic N) is 7. The maximum absolute atomic E-state index is 4.51. The highest BCUT2D eigenvalue weighted by molar-refractivity contribution is 14.0. The predicted molar refractivity (Wildman–Crippen MR) is 129 cm³/mol. The standard InChI is InChI=1S/C21H34N8.HI/c1-22-21(28-12-9-17(16-28)13-18-14-24-27(2)15-18)23-10-6-8-20-26-25-19-7-4-3-5-11-29(19)20;/h14-15,17H,3-13,16H2,1-2H3,(H,22,23);1H. The van der Waals surface area contributed by atoms with Gasteiger partial charge in [0.05, 0.1) is 6.20 Å². The Kier molecular flexibility index (Phi) is 8.52. The molecule has 0 amide bonds. The molecule has 0 bridgehead atoms. The molecule has 1 N–H and O–H groups in total. The molecule has 0 radical (unpaired) electrons. The largest absolute Gasteiger partial charge is 0.356 e. The Labute approximate surface area is 196 Å². The third kappa shape index (κ3) is 5.73. The van der Waals surface area contributed by atoms with E-state index < -0.39 is 0 Å². The first-order valence-corrected chi connectivity index (χ1v) is 11.1. The summed E-state index contributed by atoms with van der Waals surface area (Å²) in [6.07, 6.45) is 13.3. The molecular formula is C21H35IN8. The number of hydrogen-bond acceptors (Lipinski definition) is 4. The van der Waals surface area contributed by atoms with Crippen molar-refractivity contribution in [2.75, 3.05) is 26.7 Å². The summed E-state index contributed by atoms with van der Waals surface area (Å²) in [5.74, 6) is 4.03. The van der Waals surface area contributed by atoms with Gasteiger partial charge in [-0.2, -0.15) is 5.10 Å². The lowest BCUT2D eigenvalue weighted by molar-refractivity contribution is 0.459. The lowest BCUT2D eigenvalue weighted by atomic mass is 10.0. The Morgan fingerprint density at radius 1 is 1.23 bits per heavy atom. The highest BCUT2D eigenvalue weighted by Gasteiger charge is 2.25. The Morgan fingerprint density at radius 2 is 2.13 bits per heavy atom. The lowest BCUT2D eigenvalue weighted by Crippen LogP contribution is -2.40. The van der Waals surface area contributed by atoms with Crippen LogP contribution in [0.15, 0.2) is 17.4 Å². The van der Waals surface area contributed by atoms with Crippen molar-refractivity contribution >= 4 is 29.9 Å². The topological polar surface area (TPSA) is 76.2 Å². The summed E-state index contributed by atoms with van der Waals surface area (Å²) in [5, 5.41) is 16.7. The molecule has 0 aromatic carbocycles. The van der Waals surface area contributed by atoms with Crippen LogP contribution in [-0.2, 0) is 32.9 Å². The number of guanidine groups is 1. The molecule has 2 aromatic heterocycles. The molecule has 2 aliphatic rings. The van der Waals surface area contributed by atoms with E-state index >= 15 is 0 Å². The molecule has 8 nitrogen and oxygen atoms in total. The van der Waals surface area contributed by atoms with Crippen molar-refractivity contribution in [3.8, 4) is 0 Å². The van der Waals surface area contributed by atoms with Gasteiger partial charge in [0.1, 0.15) is 11.6 Å². The molecule has 0 saturated carbocycles. The summed E-state index contributed by atoms with van der Waals surface area (Å²) >= 11 is 0. The van der Waals surface area contributed by atoms with Gasteiger partial charge in [0.2, 0.25) is 0 Å². The van der Waals surface area contributed by atoms with E-state index in [0.717, 1.165) is 63.6 Å². The normalized spacial score (nSPS) is 19.3. The smallest absolute Gasteiger partial charge is 0.193 e. The van der Waals surface area contributed by atoms with Crippen LogP contribution < -0.4 is 5.32 Å². The van der Waals surface area contributed by atoms with Crippen LogP contribution in [0.3, 0.4) is 0 Å². The van der Waals surface area contributed by atoms with Crippen molar-refractivity contribution in [1.82, 2.24) is 34.8 Å². The van der Waals surface area contributed by atoms with Gasteiger partial charge >= 0.3 is 0 Å². The van der Waals surface area contributed by atoms with Crippen LogP contribution in [-0.4, -0.2) is 62.1 Å². The summed E-state index contributed by atoms with van der Waals surface area (Å²) in [4.78, 5) is 6.91. The van der Waals surface area contributed by atoms with Gasteiger partial charge in [0.25, 0.3) is 0 Å². The van der Waals surface area contributed by atoms with Gasteiger partial charge in [-0.3, -0.25) is 9.67 Å². The first-order valence-electron chi connectivity index (χ1n) is 11.1.